The van der Waals surface area contributed by atoms with E-state index < -0.39 is 5.97 Å². The van der Waals surface area contributed by atoms with Crippen molar-refractivity contribution in [3.8, 4) is 5.75 Å². The van der Waals surface area contributed by atoms with Gasteiger partial charge in [-0.25, -0.2) is 4.79 Å². The van der Waals surface area contributed by atoms with Crippen molar-refractivity contribution in [3.63, 3.8) is 0 Å². The van der Waals surface area contributed by atoms with Crippen molar-refractivity contribution in [2.45, 2.75) is 33.1 Å². The van der Waals surface area contributed by atoms with E-state index in [1.165, 1.54) is 6.20 Å². The Morgan fingerprint density at radius 1 is 1.50 bits per heavy atom. The fraction of sp³-hybridized carbons (Fsp3) is 0.500. The van der Waals surface area contributed by atoms with E-state index in [2.05, 4.69) is 4.98 Å². The molecule has 1 aromatic rings. The molecule has 0 saturated heterocycles. The topological polar surface area (TPSA) is 59.4 Å². The van der Waals surface area contributed by atoms with Gasteiger partial charge < -0.3 is 9.84 Å². The van der Waals surface area contributed by atoms with Crippen LogP contribution in [0.5, 0.6) is 5.75 Å². The van der Waals surface area contributed by atoms with E-state index in [9.17, 15) is 4.79 Å². The SMILES string of the molecule is CCOc1cnc(C(C)(C)C)cc1C(=O)O. The molecule has 0 aliphatic heterocycles. The molecule has 1 N–H and O–H groups in total. The molecule has 1 aromatic heterocycles. The molecule has 0 saturated carbocycles. The summed E-state index contributed by atoms with van der Waals surface area (Å²) in [4.78, 5) is 15.3. The first-order chi connectivity index (χ1) is 7.36. The highest BCUT2D eigenvalue weighted by Gasteiger charge is 2.20. The van der Waals surface area contributed by atoms with Gasteiger partial charge in [-0.3, -0.25) is 4.98 Å². The standard InChI is InChI=1S/C12H17NO3/c1-5-16-9-7-13-10(12(2,3)4)6-8(9)11(14)15/h6-7H,5H2,1-4H3,(H,14,15). The number of hydrogen-bond donors (Lipinski definition) is 1. The highest BCUT2D eigenvalue weighted by atomic mass is 16.5. The molecule has 88 valence electrons. The van der Waals surface area contributed by atoms with Crippen LogP contribution in [0.4, 0.5) is 0 Å². The lowest BCUT2D eigenvalue weighted by atomic mass is 9.91. The molecule has 0 fully saturated rings. The number of aromatic nitrogens is 1. The Labute approximate surface area is 95.3 Å². The zero-order valence-corrected chi connectivity index (χ0v) is 10.1. The van der Waals surface area contributed by atoms with Crippen LogP contribution >= 0.6 is 0 Å². The number of hydrogen-bond acceptors (Lipinski definition) is 3. The van der Waals surface area contributed by atoms with Crippen LogP contribution in [0.1, 0.15) is 43.7 Å². The minimum Gasteiger partial charge on any atom is -0.491 e. The molecule has 0 unspecified atom stereocenters. The second kappa shape index (κ2) is 4.51. The van der Waals surface area contributed by atoms with Crippen LogP contribution < -0.4 is 4.74 Å². The first kappa shape index (κ1) is 12.5. The maximum absolute atomic E-state index is 11.1. The van der Waals surface area contributed by atoms with E-state index in [0.29, 0.717) is 12.4 Å². The number of ether oxygens (including phenoxy) is 1. The number of carbonyl (C=O) groups is 1. The molecule has 4 heteroatoms. The highest BCUT2D eigenvalue weighted by Crippen LogP contribution is 2.25. The summed E-state index contributed by atoms with van der Waals surface area (Å²) in [6.07, 6.45) is 1.48. The minimum atomic E-state index is -0.989. The fourth-order valence-electron chi connectivity index (χ4n) is 1.29. The van der Waals surface area contributed by atoms with Gasteiger partial charge in [0.05, 0.1) is 12.8 Å². The Morgan fingerprint density at radius 2 is 2.12 bits per heavy atom. The van der Waals surface area contributed by atoms with E-state index in [-0.39, 0.29) is 11.0 Å². The first-order valence-electron chi connectivity index (χ1n) is 5.23. The van der Waals surface area contributed by atoms with Gasteiger partial charge in [0.2, 0.25) is 0 Å². The van der Waals surface area contributed by atoms with E-state index in [4.69, 9.17) is 9.84 Å². The lowest BCUT2D eigenvalue weighted by Gasteiger charge is -2.18. The zero-order valence-electron chi connectivity index (χ0n) is 10.1. The summed E-state index contributed by atoms with van der Waals surface area (Å²) in [7, 11) is 0. The molecule has 0 aliphatic rings. The number of aromatic carboxylic acids is 1. The summed E-state index contributed by atoms with van der Waals surface area (Å²) in [6.45, 7) is 8.20. The van der Waals surface area contributed by atoms with Crippen molar-refractivity contribution < 1.29 is 14.6 Å². The monoisotopic (exact) mass is 223 g/mol. The summed E-state index contributed by atoms with van der Waals surface area (Å²) in [5.74, 6) is -0.667. The van der Waals surface area contributed by atoms with E-state index in [0.717, 1.165) is 5.69 Å². The van der Waals surface area contributed by atoms with Crippen molar-refractivity contribution in [2.24, 2.45) is 0 Å². The van der Waals surface area contributed by atoms with Crippen molar-refractivity contribution >= 4 is 5.97 Å². The fourth-order valence-corrected chi connectivity index (χ4v) is 1.29. The van der Waals surface area contributed by atoms with Gasteiger partial charge in [0, 0.05) is 11.1 Å². The van der Waals surface area contributed by atoms with Gasteiger partial charge in [-0.15, -0.1) is 0 Å². The van der Waals surface area contributed by atoms with Gasteiger partial charge in [-0.1, -0.05) is 20.8 Å². The predicted octanol–water partition coefficient (Wildman–Crippen LogP) is 2.48. The van der Waals surface area contributed by atoms with Crippen LogP contribution in [0.25, 0.3) is 0 Å². The Morgan fingerprint density at radius 3 is 2.56 bits per heavy atom. The maximum Gasteiger partial charge on any atom is 0.339 e. The third kappa shape index (κ3) is 2.72. The summed E-state index contributed by atoms with van der Waals surface area (Å²) >= 11 is 0. The molecule has 0 amide bonds. The van der Waals surface area contributed by atoms with Gasteiger partial charge in [0.15, 0.2) is 5.75 Å². The Balaban J connectivity index is 3.23. The third-order valence-corrected chi connectivity index (χ3v) is 2.17. The molecule has 0 spiro atoms. The zero-order chi connectivity index (χ0) is 12.3. The Kier molecular flexibility index (Phi) is 3.52. The van der Waals surface area contributed by atoms with Crippen LogP contribution in [0.3, 0.4) is 0 Å². The second-order valence-corrected chi connectivity index (χ2v) is 4.55. The van der Waals surface area contributed by atoms with Gasteiger partial charge in [-0.2, -0.15) is 0 Å². The average Bonchev–Trinajstić information content (AvgIpc) is 2.16. The molecule has 0 bridgehead atoms. The number of rotatable bonds is 3. The summed E-state index contributed by atoms with van der Waals surface area (Å²) < 4.78 is 5.22. The molecule has 0 aromatic carbocycles. The molecular formula is C12H17NO3. The number of nitrogens with zero attached hydrogens (tertiary/aromatic N) is 1. The first-order valence-corrected chi connectivity index (χ1v) is 5.23. The molecule has 0 aliphatic carbocycles. The van der Waals surface area contributed by atoms with Crippen molar-refractivity contribution in [1.29, 1.82) is 0 Å². The van der Waals surface area contributed by atoms with Gasteiger partial charge in [-0.05, 0) is 13.0 Å². The predicted molar refractivity (Wildman–Crippen MR) is 61.1 cm³/mol. The van der Waals surface area contributed by atoms with E-state index in [1.807, 2.05) is 27.7 Å². The summed E-state index contributed by atoms with van der Waals surface area (Å²) in [6, 6.07) is 1.58. The number of carboxylic acid groups (broad SMARTS) is 1. The summed E-state index contributed by atoms with van der Waals surface area (Å²) in [5, 5.41) is 9.07. The molecular weight excluding hydrogens is 206 g/mol. The van der Waals surface area contributed by atoms with Crippen molar-refractivity contribution in [2.75, 3.05) is 6.61 Å². The van der Waals surface area contributed by atoms with Gasteiger partial charge in [0.1, 0.15) is 5.56 Å². The molecule has 1 heterocycles. The van der Waals surface area contributed by atoms with Crippen LogP contribution in [0.2, 0.25) is 0 Å². The maximum atomic E-state index is 11.1. The average molecular weight is 223 g/mol. The normalized spacial score (nSPS) is 11.2. The Bertz CT molecular complexity index is 394. The Hall–Kier alpha value is -1.58. The number of pyridine rings is 1. The van der Waals surface area contributed by atoms with Crippen LogP contribution in [0, 0.1) is 0 Å². The van der Waals surface area contributed by atoms with E-state index in [1.54, 1.807) is 6.07 Å². The molecule has 1 rings (SSSR count). The van der Waals surface area contributed by atoms with Crippen LogP contribution in [-0.4, -0.2) is 22.7 Å². The van der Waals surface area contributed by atoms with Gasteiger partial charge in [0.25, 0.3) is 0 Å². The minimum absolute atomic E-state index is 0.168. The van der Waals surface area contributed by atoms with Crippen LogP contribution in [0.15, 0.2) is 12.3 Å². The molecule has 16 heavy (non-hydrogen) atoms. The smallest absolute Gasteiger partial charge is 0.339 e. The molecule has 4 nitrogen and oxygen atoms in total. The van der Waals surface area contributed by atoms with E-state index >= 15 is 0 Å². The third-order valence-electron chi connectivity index (χ3n) is 2.17. The molecule has 0 radical (unpaired) electrons. The number of carboxylic acids is 1. The van der Waals surface area contributed by atoms with Crippen molar-refractivity contribution in [3.05, 3.63) is 23.5 Å². The van der Waals surface area contributed by atoms with Crippen LogP contribution in [-0.2, 0) is 5.41 Å². The lowest BCUT2D eigenvalue weighted by Crippen LogP contribution is -2.15. The molecule has 0 atom stereocenters. The second-order valence-electron chi connectivity index (χ2n) is 4.55. The van der Waals surface area contributed by atoms with Crippen molar-refractivity contribution in [1.82, 2.24) is 4.98 Å². The highest BCUT2D eigenvalue weighted by molar-refractivity contribution is 5.90. The quantitative estimate of drug-likeness (QED) is 0.855. The summed E-state index contributed by atoms with van der Waals surface area (Å²) in [5.41, 5.74) is 0.740. The van der Waals surface area contributed by atoms with Gasteiger partial charge >= 0.3 is 5.97 Å². The lowest BCUT2D eigenvalue weighted by molar-refractivity contribution is 0.0692. The largest absolute Gasteiger partial charge is 0.491 e.